The van der Waals surface area contributed by atoms with Gasteiger partial charge in [0.25, 0.3) is 10.2 Å². The molecule has 2 aromatic carbocycles. The van der Waals surface area contributed by atoms with Crippen LogP contribution in [0.3, 0.4) is 0 Å². The number of anilines is 1. The van der Waals surface area contributed by atoms with E-state index in [4.69, 9.17) is 0 Å². The zero-order valence-electron chi connectivity index (χ0n) is 17.3. The molecular formula is C22H27N3O4S. The number of benzene rings is 2. The van der Waals surface area contributed by atoms with Crippen molar-refractivity contribution in [3.8, 4) is 0 Å². The van der Waals surface area contributed by atoms with Crippen molar-refractivity contribution in [3.63, 3.8) is 0 Å². The summed E-state index contributed by atoms with van der Waals surface area (Å²) < 4.78 is 30.2. The Kier molecular flexibility index (Phi) is 5.12. The highest BCUT2D eigenvalue weighted by Crippen LogP contribution is 2.58. The van der Waals surface area contributed by atoms with Gasteiger partial charge in [0, 0.05) is 30.7 Å². The Morgan fingerprint density at radius 3 is 2.43 bits per heavy atom. The number of fused-ring (bicyclic) bond motifs is 1. The highest BCUT2D eigenvalue weighted by Gasteiger charge is 2.70. The third-order valence-corrected chi connectivity index (χ3v) is 7.64. The lowest BCUT2D eigenvalue weighted by Gasteiger charge is -2.21. The number of rotatable bonds is 7. The minimum atomic E-state index is -4.00. The van der Waals surface area contributed by atoms with E-state index in [2.05, 4.69) is 10.0 Å². The molecule has 30 heavy (non-hydrogen) atoms. The Labute approximate surface area is 177 Å². The topological polar surface area (TPSA) is 98.7 Å². The van der Waals surface area contributed by atoms with Crippen LogP contribution in [0.4, 0.5) is 5.69 Å². The van der Waals surface area contributed by atoms with Gasteiger partial charge in [-0.3, -0.25) is 4.79 Å². The summed E-state index contributed by atoms with van der Waals surface area (Å²) in [6.07, 6.45) is 0. The molecule has 8 heteroatoms. The second-order valence-electron chi connectivity index (χ2n) is 8.51. The number of nitrogens with zero attached hydrogens (tertiary/aromatic N) is 1. The summed E-state index contributed by atoms with van der Waals surface area (Å²) in [5, 5.41) is 13.3. The van der Waals surface area contributed by atoms with Crippen LogP contribution in [-0.4, -0.2) is 35.4 Å². The predicted molar refractivity (Wildman–Crippen MR) is 115 cm³/mol. The summed E-state index contributed by atoms with van der Waals surface area (Å²) >= 11 is 0. The maximum atomic E-state index is 13.2. The molecule has 7 nitrogen and oxygen atoms in total. The lowest BCUT2D eigenvalue weighted by molar-refractivity contribution is -0.140. The van der Waals surface area contributed by atoms with Gasteiger partial charge >= 0.3 is 5.97 Å². The Hall–Kier alpha value is -2.42. The first kappa shape index (κ1) is 20.8. The average Bonchev–Trinajstić information content (AvgIpc) is 3.05. The first-order valence-electron chi connectivity index (χ1n) is 10.1. The van der Waals surface area contributed by atoms with Crippen LogP contribution in [0, 0.1) is 5.92 Å². The van der Waals surface area contributed by atoms with Crippen LogP contribution in [0.2, 0.25) is 0 Å². The molecule has 3 N–H and O–H groups in total. The van der Waals surface area contributed by atoms with Crippen LogP contribution in [0.15, 0.2) is 48.5 Å². The number of carbonyl (C=O) groups is 1. The van der Waals surface area contributed by atoms with E-state index >= 15 is 0 Å². The van der Waals surface area contributed by atoms with Crippen molar-refractivity contribution in [1.82, 2.24) is 9.03 Å². The van der Waals surface area contributed by atoms with Crippen molar-refractivity contribution in [2.45, 2.75) is 51.4 Å². The molecule has 1 aliphatic carbocycles. The van der Waals surface area contributed by atoms with Crippen molar-refractivity contribution in [2.75, 3.05) is 5.32 Å². The fraction of sp³-hybridized carbons (Fsp3) is 0.409. The van der Waals surface area contributed by atoms with Gasteiger partial charge < -0.3 is 10.4 Å². The molecule has 0 bridgehead atoms. The van der Waals surface area contributed by atoms with Gasteiger partial charge in [-0.1, -0.05) is 43.3 Å². The molecule has 0 amide bonds. The van der Waals surface area contributed by atoms with E-state index in [0.717, 1.165) is 22.4 Å². The van der Waals surface area contributed by atoms with E-state index in [1.165, 1.54) is 4.31 Å². The predicted octanol–water partition coefficient (Wildman–Crippen LogP) is 2.91. The normalized spacial score (nSPS) is 25.9. The van der Waals surface area contributed by atoms with Crippen LogP contribution < -0.4 is 10.0 Å². The lowest BCUT2D eigenvalue weighted by atomic mass is 10.1. The molecule has 0 radical (unpaired) electrons. The molecule has 0 aromatic heterocycles. The number of carboxylic acids is 1. The molecule has 1 heterocycles. The fourth-order valence-electron chi connectivity index (χ4n) is 4.54. The lowest BCUT2D eigenvalue weighted by Crippen LogP contribution is -2.50. The number of carboxylic acid groups (broad SMARTS) is 1. The van der Waals surface area contributed by atoms with E-state index in [9.17, 15) is 18.3 Å². The summed E-state index contributed by atoms with van der Waals surface area (Å²) in [6, 6.07) is 15.3. The van der Waals surface area contributed by atoms with Crippen LogP contribution in [0.5, 0.6) is 0 Å². The Bertz CT molecular complexity index is 1070. The monoisotopic (exact) mass is 429 g/mol. The number of hydrogen-bond donors (Lipinski definition) is 3. The summed E-state index contributed by atoms with van der Waals surface area (Å²) in [5.41, 5.74) is 2.10. The molecular weight excluding hydrogens is 402 g/mol. The van der Waals surface area contributed by atoms with Gasteiger partial charge in [0.15, 0.2) is 0 Å². The SMILES string of the molecule is CC(C)Nc1ccc2c(c1)CN(S(=O)(=O)N[C@@]1(C(=O)O)[C@H](C)[C@@H]1c1ccccc1)C2. The molecule has 2 aromatic rings. The maximum Gasteiger partial charge on any atom is 0.325 e. The van der Waals surface area contributed by atoms with Gasteiger partial charge in [0.2, 0.25) is 0 Å². The number of hydrogen-bond acceptors (Lipinski definition) is 4. The van der Waals surface area contributed by atoms with E-state index < -0.39 is 27.6 Å². The summed E-state index contributed by atoms with van der Waals surface area (Å²) in [7, 11) is -4.00. The van der Waals surface area contributed by atoms with Gasteiger partial charge in [-0.05, 0) is 48.6 Å². The Morgan fingerprint density at radius 1 is 1.13 bits per heavy atom. The summed E-state index contributed by atoms with van der Waals surface area (Å²) in [4.78, 5) is 12.2. The molecule has 3 atom stereocenters. The number of nitrogens with one attached hydrogen (secondary N) is 2. The third-order valence-electron chi connectivity index (χ3n) is 6.11. The largest absolute Gasteiger partial charge is 0.480 e. The van der Waals surface area contributed by atoms with Crippen LogP contribution in [0.1, 0.15) is 43.4 Å². The standard InChI is InChI=1S/C22H27N3O4S/c1-14(2)23-19-10-9-17-12-25(13-18(17)11-19)30(28,29)24-22(21(26)27)15(3)20(22)16-7-5-4-6-8-16/h4-11,14-15,20,23-24H,12-13H2,1-3H3,(H,26,27)/t15-,20-,22+/m1/s1. The minimum Gasteiger partial charge on any atom is -0.480 e. The van der Waals surface area contributed by atoms with Crippen molar-refractivity contribution in [2.24, 2.45) is 5.92 Å². The van der Waals surface area contributed by atoms with Crippen molar-refractivity contribution in [3.05, 3.63) is 65.2 Å². The highest BCUT2D eigenvalue weighted by atomic mass is 32.2. The Morgan fingerprint density at radius 2 is 1.80 bits per heavy atom. The van der Waals surface area contributed by atoms with Gasteiger partial charge in [-0.2, -0.15) is 17.4 Å². The fourth-order valence-corrected chi connectivity index (χ4v) is 6.11. The first-order valence-corrected chi connectivity index (χ1v) is 11.5. The van der Waals surface area contributed by atoms with E-state index in [0.29, 0.717) is 0 Å². The van der Waals surface area contributed by atoms with E-state index in [-0.39, 0.29) is 25.0 Å². The molecule has 2 aliphatic rings. The summed E-state index contributed by atoms with van der Waals surface area (Å²) in [5.74, 6) is -1.90. The van der Waals surface area contributed by atoms with Crippen LogP contribution in [-0.2, 0) is 28.1 Å². The van der Waals surface area contributed by atoms with Crippen molar-refractivity contribution >= 4 is 21.9 Å². The zero-order chi connectivity index (χ0) is 21.7. The molecule has 160 valence electrons. The molecule has 1 fully saturated rings. The van der Waals surface area contributed by atoms with Gasteiger partial charge in [-0.15, -0.1) is 0 Å². The van der Waals surface area contributed by atoms with Gasteiger partial charge in [0.05, 0.1) is 0 Å². The van der Waals surface area contributed by atoms with E-state index in [1.807, 2.05) is 62.4 Å². The quantitative estimate of drug-likeness (QED) is 0.629. The highest BCUT2D eigenvalue weighted by molar-refractivity contribution is 7.87. The van der Waals surface area contributed by atoms with Gasteiger partial charge in [-0.25, -0.2) is 0 Å². The molecule has 0 spiro atoms. The first-order chi connectivity index (χ1) is 14.1. The van der Waals surface area contributed by atoms with Crippen LogP contribution >= 0.6 is 0 Å². The molecule has 1 saturated carbocycles. The smallest absolute Gasteiger partial charge is 0.325 e. The molecule has 0 unspecified atom stereocenters. The summed E-state index contributed by atoms with van der Waals surface area (Å²) in [6.45, 7) is 6.31. The van der Waals surface area contributed by atoms with Crippen LogP contribution in [0.25, 0.3) is 0 Å². The second kappa shape index (κ2) is 7.37. The maximum absolute atomic E-state index is 13.2. The van der Waals surface area contributed by atoms with Crippen molar-refractivity contribution in [1.29, 1.82) is 0 Å². The second-order valence-corrected chi connectivity index (χ2v) is 10.2. The zero-order valence-corrected chi connectivity index (χ0v) is 18.1. The average molecular weight is 430 g/mol. The third kappa shape index (κ3) is 3.49. The minimum absolute atomic E-state index is 0.221. The Balaban J connectivity index is 1.56. The van der Waals surface area contributed by atoms with Crippen molar-refractivity contribution < 1.29 is 18.3 Å². The number of aliphatic carboxylic acids is 1. The van der Waals surface area contributed by atoms with E-state index in [1.54, 1.807) is 6.92 Å². The molecule has 4 rings (SSSR count). The molecule has 0 saturated heterocycles. The van der Waals surface area contributed by atoms with Gasteiger partial charge in [0.1, 0.15) is 5.54 Å². The molecule has 1 aliphatic heterocycles.